The summed E-state index contributed by atoms with van der Waals surface area (Å²) in [6.45, 7) is 3.90. The van der Waals surface area contributed by atoms with Gasteiger partial charge in [0, 0.05) is 16.7 Å². The molecular weight excluding hydrogens is 465 g/mol. The zero-order chi connectivity index (χ0) is 23.9. The maximum absolute atomic E-state index is 17.0. The van der Waals surface area contributed by atoms with E-state index in [-0.39, 0.29) is 41.8 Å². The fraction of sp³-hybridized carbons (Fsp3) is 0.727. The summed E-state index contributed by atoms with van der Waals surface area (Å²) in [6.07, 6.45) is 3.62. The van der Waals surface area contributed by atoms with Crippen LogP contribution >= 0.6 is 7.82 Å². The predicted octanol–water partition coefficient (Wildman–Crippen LogP) is -1.62. The van der Waals surface area contributed by atoms with E-state index >= 15 is 4.39 Å². The van der Waals surface area contributed by atoms with Crippen molar-refractivity contribution in [1.29, 1.82) is 0 Å². The number of allylic oxidation sites excluding steroid dienone is 4. The number of aliphatic hydroxyl groups is 2. The van der Waals surface area contributed by atoms with Crippen LogP contribution in [0.5, 0.6) is 0 Å². The number of aliphatic hydroxyl groups excluding tert-OH is 1. The van der Waals surface area contributed by atoms with Crippen molar-refractivity contribution in [1.82, 2.24) is 0 Å². The molecule has 0 aromatic carbocycles. The topological polar surface area (TPSA) is 144 Å². The van der Waals surface area contributed by atoms with Crippen molar-refractivity contribution in [3.05, 3.63) is 23.8 Å². The van der Waals surface area contributed by atoms with Gasteiger partial charge in [-0.3, -0.25) is 14.2 Å². The standard InChI is InChI=1S/C22H30FO8P.Na/c1-12-8-16-15-5-4-13-9-14(24)6-7-19(13,2)21(15,23)17(25)10-20(16,3)22(12,27)18(26)11-31-32(28,29)30;/h6-7,9,12,15-17,25,27H,4-5,8,10-11H2,1-3H3,(H2,28,29,30);/q;+1/p-1/t12?,15?,16?,17?,19-,20-,21-,22-;/m0./s1. The molecule has 9 atom stereocenters. The quantitative estimate of drug-likeness (QED) is 0.313. The Kier molecular flexibility index (Phi) is 6.99. The van der Waals surface area contributed by atoms with Gasteiger partial charge in [-0.15, -0.1) is 0 Å². The molecule has 0 aliphatic heterocycles. The number of carbonyl (C=O) groups excluding carboxylic acids is 2. The third kappa shape index (κ3) is 3.66. The zero-order valence-electron chi connectivity index (χ0n) is 19.3. The number of rotatable bonds is 4. The molecule has 0 amide bonds. The number of phosphoric acid groups is 1. The second-order valence-electron chi connectivity index (χ2n) is 10.3. The molecular formula is C22H29FNaO8P. The van der Waals surface area contributed by atoms with Crippen LogP contribution in [0.1, 0.15) is 46.5 Å². The molecule has 3 N–H and O–H groups in total. The molecule has 0 radical (unpaired) electrons. The zero-order valence-corrected chi connectivity index (χ0v) is 22.2. The minimum absolute atomic E-state index is 0. The minimum Gasteiger partial charge on any atom is -0.756 e. The second-order valence-corrected chi connectivity index (χ2v) is 11.5. The Balaban J connectivity index is 0.00000306. The van der Waals surface area contributed by atoms with Crippen LogP contribution in [-0.2, 0) is 18.7 Å². The largest absolute Gasteiger partial charge is 1.00 e. The molecule has 0 aromatic rings. The van der Waals surface area contributed by atoms with Crippen molar-refractivity contribution >= 4 is 19.4 Å². The van der Waals surface area contributed by atoms with Crippen LogP contribution in [0, 0.1) is 28.6 Å². The number of alkyl halides is 1. The molecule has 4 aliphatic rings. The van der Waals surface area contributed by atoms with Gasteiger partial charge in [-0.2, -0.15) is 0 Å². The molecule has 178 valence electrons. The Morgan fingerprint density at radius 3 is 2.61 bits per heavy atom. The molecule has 3 fully saturated rings. The van der Waals surface area contributed by atoms with E-state index in [1.807, 2.05) is 0 Å². The molecule has 8 nitrogen and oxygen atoms in total. The van der Waals surface area contributed by atoms with Crippen LogP contribution in [0.4, 0.5) is 4.39 Å². The summed E-state index contributed by atoms with van der Waals surface area (Å²) in [6, 6.07) is 0. The Morgan fingerprint density at radius 2 is 2.00 bits per heavy atom. The Morgan fingerprint density at radius 1 is 1.36 bits per heavy atom. The normalized spacial score (nSPS) is 48.0. The number of hydrogen-bond acceptors (Lipinski definition) is 7. The first-order valence-corrected chi connectivity index (χ1v) is 12.4. The molecule has 0 heterocycles. The van der Waals surface area contributed by atoms with Crippen molar-refractivity contribution in [2.75, 3.05) is 6.61 Å². The van der Waals surface area contributed by atoms with Crippen LogP contribution < -0.4 is 34.5 Å². The molecule has 0 aromatic heterocycles. The van der Waals surface area contributed by atoms with Crippen LogP contribution in [-0.4, -0.2) is 50.7 Å². The SMILES string of the molecule is CC1CC2C3CCC4=CC(=O)C=C[C@]4(C)[C@@]3(F)C(O)C[C@]2(C)[C@@]1(O)C(=O)COP(=O)([O-])O.[Na+]. The van der Waals surface area contributed by atoms with Crippen LogP contribution in [0.3, 0.4) is 0 Å². The summed E-state index contributed by atoms with van der Waals surface area (Å²) in [7, 11) is -5.18. The van der Waals surface area contributed by atoms with Crippen LogP contribution in [0.2, 0.25) is 0 Å². The molecule has 4 rings (SSSR count). The van der Waals surface area contributed by atoms with E-state index in [2.05, 4.69) is 4.52 Å². The van der Waals surface area contributed by atoms with Gasteiger partial charge in [0.15, 0.2) is 17.2 Å². The first-order valence-electron chi connectivity index (χ1n) is 10.9. The first kappa shape index (κ1) is 27.4. The molecule has 11 heteroatoms. The van der Waals surface area contributed by atoms with Gasteiger partial charge in [-0.05, 0) is 56.6 Å². The summed E-state index contributed by atoms with van der Waals surface area (Å²) in [5.74, 6) is -2.96. The van der Waals surface area contributed by atoms with Crippen molar-refractivity contribution in [2.45, 2.75) is 63.8 Å². The van der Waals surface area contributed by atoms with Gasteiger partial charge in [0.25, 0.3) is 7.82 Å². The van der Waals surface area contributed by atoms with E-state index in [1.165, 1.54) is 18.2 Å². The average Bonchev–Trinajstić information content (AvgIpc) is 2.89. The third-order valence-corrected chi connectivity index (χ3v) is 9.46. The van der Waals surface area contributed by atoms with Crippen LogP contribution in [0.15, 0.2) is 23.8 Å². The number of phosphoric ester groups is 1. The molecule has 5 unspecified atom stereocenters. The summed E-state index contributed by atoms with van der Waals surface area (Å²) in [5, 5.41) is 22.8. The average molecular weight is 494 g/mol. The van der Waals surface area contributed by atoms with Crippen molar-refractivity contribution in [2.24, 2.45) is 28.6 Å². The predicted molar refractivity (Wildman–Crippen MR) is 109 cm³/mol. The Bertz CT molecular complexity index is 979. The van der Waals surface area contributed by atoms with E-state index in [4.69, 9.17) is 4.89 Å². The number of Topliss-reactive ketones (excluding diaryl/α,β-unsaturated/α-hetero) is 1. The maximum Gasteiger partial charge on any atom is 1.00 e. The molecule has 0 spiro atoms. The first-order chi connectivity index (χ1) is 14.6. The molecule has 0 bridgehead atoms. The van der Waals surface area contributed by atoms with Gasteiger partial charge in [-0.1, -0.05) is 25.5 Å². The van der Waals surface area contributed by atoms with Gasteiger partial charge in [0.1, 0.15) is 12.2 Å². The summed E-state index contributed by atoms with van der Waals surface area (Å²) in [5.41, 5.74) is -5.95. The number of halogens is 1. The summed E-state index contributed by atoms with van der Waals surface area (Å²) >= 11 is 0. The molecule has 3 saturated carbocycles. The van der Waals surface area contributed by atoms with E-state index in [0.29, 0.717) is 24.8 Å². The van der Waals surface area contributed by atoms with Gasteiger partial charge >= 0.3 is 29.6 Å². The Labute approximate surface area is 214 Å². The minimum atomic E-state index is -5.18. The molecule has 0 saturated heterocycles. The van der Waals surface area contributed by atoms with Crippen molar-refractivity contribution < 1.29 is 72.6 Å². The van der Waals surface area contributed by atoms with Gasteiger partial charge < -0.3 is 24.5 Å². The molecule has 4 aliphatic carbocycles. The number of hydrogen-bond donors (Lipinski definition) is 3. The maximum atomic E-state index is 17.0. The van der Waals surface area contributed by atoms with Gasteiger partial charge in [0.2, 0.25) is 0 Å². The van der Waals surface area contributed by atoms with Gasteiger partial charge in [-0.25, -0.2) is 4.39 Å². The monoisotopic (exact) mass is 494 g/mol. The van der Waals surface area contributed by atoms with Gasteiger partial charge in [0.05, 0.1) is 6.10 Å². The number of ketones is 2. The van der Waals surface area contributed by atoms with E-state index < -0.39 is 66.2 Å². The second kappa shape index (κ2) is 8.43. The Hall–Kier alpha value is -0.220. The fourth-order valence-corrected chi connectivity index (χ4v) is 7.67. The smallest absolute Gasteiger partial charge is 0.756 e. The van der Waals surface area contributed by atoms with Crippen LogP contribution in [0.25, 0.3) is 0 Å². The third-order valence-electron chi connectivity index (χ3n) is 9.01. The van der Waals surface area contributed by atoms with Crippen molar-refractivity contribution in [3.63, 3.8) is 0 Å². The summed E-state index contributed by atoms with van der Waals surface area (Å²) < 4.78 is 32.2. The fourth-order valence-electron chi connectivity index (χ4n) is 7.39. The van der Waals surface area contributed by atoms with E-state index in [0.717, 1.165) is 0 Å². The molecule has 33 heavy (non-hydrogen) atoms. The summed E-state index contributed by atoms with van der Waals surface area (Å²) in [4.78, 5) is 44.7. The van der Waals surface area contributed by atoms with Crippen molar-refractivity contribution in [3.8, 4) is 0 Å². The number of carbonyl (C=O) groups is 2. The number of fused-ring (bicyclic) bond motifs is 5. The van der Waals surface area contributed by atoms with E-state index in [9.17, 15) is 29.3 Å². The van der Waals surface area contributed by atoms with E-state index in [1.54, 1.807) is 20.8 Å².